The Morgan fingerprint density at radius 3 is 2.60 bits per heavy atom. The molecule has 1 atom stereocenters. The minimum Gasteiger partial charge on any atom is -0.465 e. The van der Waals surface area contributed by atoms with Gasteiger partial charge in [0.05, 0.1) is 36.2 Å². The second kappa shape index (κ2) is 15.6. The molecular formula is C33H43N5O7. The molecule has 45 heavy (non-hydrogen) atoms. The summed E-state index contributed by atoms with van der Waals surface area (Å²) in [4.78, 5) is 57.6. The van der Waals surface area contributed by atoms with E-state index in [9.17, 15) is 19.2 Å². The third-order valence-corrected chi connectivity index (χ3v) is 7.45. The number of likely N-dealkylation sites (tertiary alicyclic amines) is 1. The number of nitrogens with zero attached hydrogens (tertiary/aromatic N) is 4. The zero-order valence-corrected chi connectivity index (χ0v) is 26.5. The van der Waals surface area contributed by atoms with Gasteiger partial charge < -0.3 is 33.9 Å². The van der Waals surface area contributed by atoms with Crippen molar-refractivity contribution in [3.8, 4) is 11.8 Å². The van der Waals surface area contributed by atoms with Crippen molar-refractivity contribution < 1.29 is 28.6 Å². The van der Waals surface area contributed by atoms with Gasteiger partial charge >= 0.3 is 12.1 Å². The van der Waals surface area contributed by atoms with Crippen molar-refractivity contribution in [3.63, 3.8) is 0 Å². The third kappa shape index (κ3) is 10.4. The van der Waals surface area contributed by atoms with Crippen molar-refractivity contribution in [2.24, 2.45) is 5.92 Å². The van der Waals surface area contributed by atoms with E-state index in [-0.39, 0.29) is 49.3 Å². The fourth-order valence-corrected chi connectivity index (χ4v) is 5.24. The van der Waals surface area contributed by atoms with Gasteiger partial charge in [0.1, 0.15) is 18.8 Å². The van der Waals surface area contributed by atoms with Crippen LogP contribution in [0.4, 0.5) is 16.2 Å². The lowest BCUT2D eigenvalue weighted by Crippen LogP contribution is -2.43. The number of hydrogen-bond donors (Lipinski definition) is 1. The van der Waals surface area contributed by atoms with E-state index in [1.54, 1.807) is 24.2 Å². The second-order valence-corrected chi connectivity index (χ2v) is 12.2. The molecule has 0 saturated carbocycles. The van der Waals surface area contributed by atoms with Gasteiger partial charge in [-0.15, -0.1) is 0 Å². The molecule has 2 aliphatic rings. The van der Waals surface area contributed by atoms with Gasteiger partial charge in [-0.05, 0) is 65.5 Å². The quantitative estimate of drug-likeness (QED) is 0.348. The van der Waals surface area contributed by atoms with Crippen LogP contribution >= 0.6 is 0 Å². The number of pyridine rings is 2. The Labute approximate surface area is 264 Å². The number of esters is 1. The van der Waals surface area contributed by atoms with Gasteiger partial charge in [0, 0.05) is 50.2 Å². The summed E-state index contributed by atoms with van der Waals surface area (Å²) in [6.45, 7) is 10.0. The zero-order chi connectivity index (χ0) is 32.4. The zero-order valence-electron chi connectivity index (χ0n) is 26.5. The fraction of sp³-hybridized carbons (Fsp3) is 0.545. The minimum absolute atomic E-state index is 0.0415. The lowest BCUT2D eigenvalue weighted by atomic mass is 9.96. The van der Waals surface area contributed by atoms with Crippen molar-refractivity contribution in [1.29, 1.82) is 0 Å². The van der Waals surface area contributed by atoms with Crippen molar-refractivity contribution in [3.05, 3.63) is 52.7 Å². The largest absolute Gasteiger partial charge is 0.465 e. The molecule has 1 N–H and O–H groups in total. The first kappa shape index (κ1) is 33.5. The Balaban J connectivity index is 1.26. The van der Waals surface area contributed by atoms with Crippen LogP contribution in [-0.2, 0) is 30.3 Å². The summed E-state index contributed by atoms with van der Waals surface area (Å²) < 4.78 is 17.5. The van der Waals surface area contributed by atoms with E-state index < -0.39 is 11.6 Å². The molecule has 0 bridgehead atoms. The summed E-state index contributed by atoms with van der Waals surface area (Å²) in [5, 5.41) is 2.89. The third-order valence-electron chi connectivity index (χ3n) is 7.45. The van der Waals surface area contributed by atoms with Crippen LogP contribution in [0, 0.1) is 17.8 Å². The van der Waals surface area contributed by atoms with E-state index in [0.29, 0.717) is 25.3 Å². The maximum Gasteiger partial charge on any atom is 0.410 e. The summed E-state index contributed by atoms with van der Waals surface area (Å²) in [5.74, 6) is 5.26. The van der Waals surface area contributed by atoms with Crippen LogP contribution in [0.5, 0.6) is 0 Å². The number of rotatable bonds is 8. The van der Waals surface area contributed by atoms with Gasteiger partial charge in [-0.25, -0.2) is 4.79 Å². The molecule has 2 saturated heterocycles. The molecule has 4 rings (SSSR count). The molecule has 12 heteroatoms. The molecule has 242 valence electrons. The summed E-state index contributed by atoms with van der Waals surface area (Å²) >= 11 is 0. The topological polar surface area (TPSA) is 132 Å². The van der Waals surface area contributed by atoms with E-state index >= 15 is 0 Å². The second-order valence-electron chi connectivity index (χ2n) is 12.2. The number of amides is 2. The lowest BCUT2D eigenvalue weighted by molar-refractivity contribution is -0.143. The van der Waals surface area contributed by atoms with Crippen LogP contribution in [0.2, 0.25) is 0 Å². The number of carbonyl (C=O) groups excluding carboxylic acids is 3. The number of aromatic nitrogens is 2. The van der Waals surface area contributed by atoms with Crippen molar-refractivity contribution in [1.82, 2.24) is 14.5 Å². The SMILES string of the molecule is CCOC(=O)Cn1cc(NC(=O)[C@H]2CCCN(c3cncc(C#CCOC4CCN(C(=O)OC(C)(C)C)CC4)c3)C2)ccc1=O. The maximum absolute atomic E-state index is 13.1. The molecule has 2 amide bonds. The molecule has 2 aliphatic heterocycles. The molecule has 2 aromatic rings. The Kier molecular flexibility index (Phi) is 11.6. The molecule has 0 aromatic carbocycles. The van der Waals surface area contributed by atoms with E-state index in [1.807, 2.05) is 26.8 Å². The average Bonchev–Trinajstić information content (AvgIpc) is 3.01. The van der Waals surface area contributed by atoms with Gasteiger partial charge in [-0.1, -0.05) is 11.8 Å². The van der Waals surface area contributed by atoms with Gasteiger partial charge in [0.15, 0.2) is 0 Å². The number of nitrogens with one attached hydrogen (secondary N) is 1. The van der Waals surface area contributed by atoms with Crippen LogP contribution in [0.3, 0.4) is 0 Å². The predicted octanol–water partition coefficient (Wildman–Crippen LogP) is 3.43. The Bertz CT molecular complexity index is 1460. The normalized spacial score (nSPS) is 17.2. The smallest absolute Gasteiger partial charge is 0.410 e. The monoisotopic (exact) mass is 621 g/mol. The summed E-state index contributed by atoms with van der Waals surface area (Å²) in [6, 6.07) is 4.82. The van der Waals surface area contributed by atoms with E-state index in [0.717, 1.165) is 43.5 Å². The van der Waals surface area contributed by atoms with Crippen LogP contribution in [-0.4, -0.2) is 83.5 Å². The van der Waals surface area contributed by atoms with Gasteiger partial charge in [-0.2, -0.15) is 0 Å². The average molecular weight is 622 g/mol. The lowest BCUT2D eigenvalue weighted by Gasteiger charge is -2.33. The number of anilines is 2. The maximum atomic E-state index is 13.1. The summed E-state index contributed by atoms with van der Waals surface area (Å²) in [5.41, 5.74) is 1.22. The van der Waals surface area contributed by atoms with Crippen molar-refractivity contribution in [2.75, 3.05) is 49.6 Å². The highest BCUT2D eigenvalue weighted by Crippen LogP contribution is 2.24. The van der Waals surface area contributed by atoms with Crippen LogP contribution in [0.25, 0.3) is 0 Å². The molecule has 0 aliphatic carbocycles. The first-order valence-corrected chi connectivity index (χ1v) is 15.5. The Morgan fingerprint density at radius 2 is 1.87 bits per heavy atom. The van der Waals surface area contributed by atoms with Gasteiger partial charge in [-0.3, -0.25) is 19.4 Å². The first-order chi connectivity index (χ1) is 21.5. The number of carbonyl (C=O) groups is 3. The van der Waals surface area contributed by atoms with Gasteiger partial charge in [0.2, 0.25) is 5.91 Å². The molecule has 2 fully saturated rings. The molecule has 0 unspecified atom stereocenters. The predicted molar refractivity (Wildman–Crippen MR) is 169 cm³/mol. The summed E-state index contributed by atoms with van der Waals surface area (Å²) in [6.07, 6.45) is 7.71. The number of piperidine rings is 2. The number of ether oxygens (including phenoxy) is 3. The first-order valence-electron chi connectivity index (χ1n) is 15.5. The molecule has 0 radical (unpaired) electrons. The Hall–Kier alpha value is -4.37. The highest BCUT2D eigenvalue weighted by Gasteiger charge is 2.28. The van der Waals surface area contributed by atoms with Crippen molar-refractivity contribution >= 4 is 29.3 Å². The highest BCUT2D eigenvalue weighted by molar-refractivity contribution is 5.93. The fourth-order valence-electron chi connectivity index (χ4n) is 5.24. The highest BCUT2D eigenvalue weighted by atomic mass is 16.6. The molecule has 4 heterocycles. The molecule has 2 aromatic heterocycles. The van der Waals surface area contributed by atoms with Crippen LogP contribution in [0.15, 0.2) is 41.6 Å². The molecular weight excluding hydrogens is 578 g/mol. The van der Waals surface area contributed by atoms with E-state index in [1.165, 1.54) is 22.9 Å². The van der Waals surface area contributed by atoms with Crippen LogP contribution < -0.4 is 15.8 Å². The minimum atomic E-state index is -0.517. The number of hydrogen-bond acceptors (Lipinski definition) is 9. The molecule has 12 nitrogen and oxygen atoms in total. The summed E-state index contributed by atoms with van der Waals surface area (Å²) in [7, 11) is 0. The van der Waals surface area contributed by atoms with Crippen LogP contribution in [0.1, 0.15) is 58.9 Å². The Morgan fingerprint density at radius 1 is 1.09 bits per heavy atom. The van der Waals surface area contributed by atoms with Gasteiger partial charge in [0.25, 0.3) is 5.56 Å². The standard InChI is InChI=1S/C33H43N5O7/c1-5-43-30(40)23-38-22-26(10-11-29(38)39)35-31(41)25-9-6-14-37(21-25)27-18-24(19-34-20-27)8-7-17-44-28-12-15-36(16-13-28)32(42)45-33(2,3)4/h10-11,18-20,22,25,28H,5-6,9,12-17,21,23H2,1-4H3,(H,35,41)/t25-/m0/s1. The molecule has 0 spiro atoms. The van der Waals surface area contributed by atoms with Crippen molar-refractivity contribution in [2.45, 2.75) is 71.6 Å². The van der Waals surface area contributed by atoms with E-state index in [2.05, 4.69) is 27.0 Å². The van der Waals surface area contributed by atoms with E-state index in [4.69, 9.17) is 14.2 Å².